The average molecular weight is 266 g/mol. The first-order chi connectivity index (χ1) is 9.04. The Labute approximate surface area is 114 Å². The molecule has 0 saturated heterocycles. The number of ether oxygens (including phenoxy) is 1. The second-order valence-corrected chi connectivity index (χ2v) is 4.98. The van der Waals surface area contributed by atoms with Crippen molar-refractivity contribution in [2.75, 3.05) is 6.61 Å². The molecule has 1 atom stereocenters. The first-order valence-corrected chi connectivity index (χ1v) is 6.94. The van der Waals surface area contributed by atoms with Crippen LogP contribution in [0.3, 0.4) is 0 Å². The van der Waals surface area contributed by atoms with Crippen molar-refractivity contribution >= 4 is 17.5 Å². The second-order valence-electron chi connectivity index (χ2n) is 4.98. The van der Waals surface area contributed by atoms with E-state index in [9.17, 15) is 14.4 Å². The van der Waals surface area contributed by atoms with Crippen LogP contribution in [-0.4, -0.2) is 24.1 Å². The number of hydrogen-bond donors (Lipinski definition) is 0. The van der Waals surface area contributed by atoms with Crippen molar-refractivity contribution in [1.82, 2.24) is 0 Å². The van der Waals surface area contributed by atoms with Crippen molar-refractivity contribution in [3.8, 4) is 0 Å². The minimum atomic E-state index is -0.425. The second kappa shape index (κ2) is 7.87. The number of esters is 1. The normalized spacial score (nSPS) is 21.2. The third kappa shape index (κ3) is 5.37. The highest BCUT2D eigenvalue weighted by atomic mass is 16.5. The first-order valence-electron chi connectivity index (χ1n) is 6.94. The number of carbonyl (C=O) groups is 3. The molecule has 1 saturated carbocycles. The van der Waals surface area contributed by atoms with Gasteiger partial charge in [-0.2, -0.15) is 0 Å². The van der Waals surface area contributed by atoms with Gasteiger partial charge in [0.1, 0.15) is 11.6 Å². The zero-order valence-electron chi connectivity index (χ0n) is 11.6. The van der Waals surface area contributed by atoms with E-state index in [2.05, 4.69) is 6.58 Å². The lowest BCUT2D eigenvalue weighted by atomic mass is 9.89. The van der Waals surface area contributed by atoms with Crippen LogP contribution in [0.5, 0.6) is 0 Å². The Morgan fingerprint density at radius 3 is 2.63 bits per heavy atom. The van der Waals surface area contributed by atoms with Crippen molar-refractivity contribution in [3.63, 3.8) is 0 Å². The lowest BCUT2D eigenvalue weighted by Gasteiger charge is -2.15. The summed E-state index contributed by atoms with van der Waals surface area (Å²) in [4.78, 5) is 35.0. The van der Waals surface area contributed by atoms with Crippen LogP contribution >= 0.6 is 0 Å². The summed E-state index contributed by atoms with van der Waals surface area (Å²) in [5.74, 6) is -0.244. The van der Waals surface area contributed by atoms with E-state index in [1.54, 1.807) is 6.92 Å². The van der Waals surface area contributed by atoms with Gasteiger partial charge in [-0.25, -0.2) is 4.79 Å². The highest BCUT2D eigenvalue weighted by Gasteiger charge is 2.23. The zero-order valence-corrected chi connectivity index (χ0v) is 11.6. The highest BCUT2D eigenvalue weighted by Crippen LogP contribution is 2.23. The predicted octanol–water partition coefficient (Wildman–Crippen LogP) is 2.60. The van der Waals surface area contributed by atoms with E-state index in [1.165, 1.54) is 0 Å². The summed E-state index contributed by atoms with van der Waals surface area (Å²) in [6, 6.07) is 0. The van der Waals surface area contributed by atoms with Crippen LogP contribution in [0.15, 0.2) is 12.2 Å². The Morgan fingerprint density at radius 1 is 1.26 bits per heavy atom. The van der Waals surface area contributed by atoms with E-state index < -0.39 is 5.97 Å². The van der Waals surface area contributed by atoms with Crippen molar-refractivity contribution in [3.05, 3.63) is 12.2 Å². The average Bonchev–Trinajstić information content (AvgIpc) is 2.43. The molecule has 0 radical (unpaired) electrons. The Bertz CT molecular complexity index is 370. The molecule has 1 rings (SSSR count). The summed E-state index contributed by atoms with van der Waals surface area (Å²) in [5, 5.41) is 0. The molecule has 4 nitrogen and oxygen atoms in total. The minimum absolute atomic E-state index is 0.139. The SMILES string of the molecule is C=C(CC1CCCC(=O)CCCC1=O)C(=O)OCC. The van der Waals surface area contributed by atoms with Gasteiger partial charge in [-0.1, -0.05) is 6.58 Å². The maximum atomic E-state index is 12.0. The largest absolute Gasteiger partial charge is 0.463 e. The van der Waals surface area contributed by atoms with Gasteiger partial charge in [0.25, 0.3) is 0 Å². The molecule has 0 amide bonds. The van der Waals surface area contributed by atoms with E-state index in [4.69, 9.17) is 4.74 Å². The number of Topliss-reactive ketones (excluding diaryl/α,β-unsaturated/α-hetero) is 2. The number of carbonyl (C=O) groups excluding carboxylic acids is 3. The molecule has 0 N–H and O–H groups in total. The summed E-state index contributed by atoms with van der Waals surface area (Å²) in [6.07, 6.45) is 3.81. The van der Waals surface area contributed by atoms with Crippen molar-refractivity contribution in [2.45, 2.75) is 51.9 Å². The lowest BCUT2D eigenvalue weighted by molar-refractivity contribution is -0.138. The Balaban J connectivity index is 2.58. The van der Waals surface area contributed by atoms with Gasteiger partial charge in [0.15, 0.2) is 0 Å². The quantitative estimate of drug-likeness (QED) is 0.579. The molecule has 106 valence electrons. The molecule has 0 aliphatic heterocycles. The van der Waals surface area contributed by atoms with Gasteiger partial charge >= 0.3 is 5.97 Å². The van der Waals surface area contributed by atoms with E-state index in [0.29, 0.717) is 57.1 Å². The lowest BCUT2D eigenvalue weighted by Crippen LogP contribution is -2.18. The van der Waals surface area contributed by atoms with Crippen LogP contribution < -0.4 is 0 Å². The molecule has 1 aliphatic rings. The molecule has 0 heterocycles. The predicted molar refractivity (Wildman–Crippen MR) is 71.6 cm³/mol. The highest BCUT2D eigenvalue weighted by molar-refractivity contribution is 5.90. The maximum absolute atomic E-state index is 12.0. The molecule has 0 spiro atoms. The standard InChI is InChI=1S/C15H22O4/c1-3-19-15(18)11(2)10-12-6-4-7-13(16)8-5-9-14(12)17/h12H,2-10H2,1H3. The van der Waals surface area contributed by atoms with Crippen molar-refractivity contribution in [2.24, 2.45) is 5.92 Å². The molecule has 4 heteroatoms. The van der Waals surface area contributed by atoms with Gasteiger partial charge in [-0.3, -0.25) is 9.59 Å². The molecule has 0 bridgehead atoms. The van der Waals surface area contributed by atoms with Gasteiger partial charge < -0.3 is 4.74 Å². The minimum Gasteiger partial charge on any atom is -0.463 e. The molecule has 0 aromatic rings. The molecular weight excluding hydrogens is 244 g/mol. The Kier molecular flexibility index (Phi) is 6.46. The van der Waals surface area contributed by atoms with Gasteiger partial charge in [0.05, 0.1) is 6.61 Å². The van der Waals surface area contributed by atoms with Gasteiger partial charge in [0, 0.05) is 30.8 Å². The van der Waals surface area contributed by atoms with Crippen LogP contribution in [0.25, 0.3) is 0 Å². The summed E-state index contributed by atoms with van der Waals surface area (Å²) >= 11 is 0. The number of ketones is 2. The van der Waals surface area contributed by atoms with E-state index in [-0.39, 0.29) is 17.5 Å². The van der Waals surface area contributed by atoms with E-state index in [0.717, 1.165) is 0 Å². The molecule has 0 aromatic heterocycles. The molecular formula is C15H22O4. The first kappa shape index (κ1) is 15.6. The van der Waals surface area contributed by atoms with Crippen LogP contribution in [0.2, 0.25) is 0 Å². The Hall–Kier alpha value is -1.45. The third-order valence-electron chi connectivity index (χ3n) is 3.40. The topological polar surface area (TPSA) is 60.4 Å². The van der Waals surface area contributed by atoms with Crippen molar-refractivity contribution in [1.29, 1.82) is 0 Å². The molecule has 1 unspecified atom stereocenters. The maximum Gasteiger partial charge on any atom is 0.333 e. The van der Waals surface area contributed by atoms with Gasteiger partial charge in [0.2, 0.25) is 0 Å². The van der Waals surface area contributed by atoms with Gasteiger partial charge in [-0.05, 0) is 32.6 Å². The number of rotatable bonds is 4. The Morgan fingerprint density at radius 2 is 1.95 bits per heavy atom. The number of hydrogen-bond acceptors (Lipinski definition) is 4. The summed E-state index contributed by atoms with van der Waals surface area (Å²) in [7, 11) is 0. The van der Waals surface area contributed by atoms with Crippen LogP contribution in [-0.2, 0) is 19.1 Å². The summed E-state index contributed by atoms with van der Waals surface area (Å²) < 4.78 is 4.87. The van der Waals surface area contributed by atoms with Crippen LogP contribution in [0, 0.1) is 5.92 Å². The fourth-order valence-corrected chi connectivity index (χ4v) is 2.33. The monoisotopic (exact) mass is 266 g/mol. The molecule has 1 fully saturated rings. The van der Waals surface area contributed by atoms with Crippen LogP contribution in [0.4, 0.5) is 0 Å². The molecule has 1 aliphatic carbocycles. The smallest absolute Gasteiger partial charge is 0.333 e. The van der Waals surface area contributed by atoms with Crippen molar-refractivity contribution < 1.29 is 19.1 Å². The summed E-state index contributed by atoms with van der Waals surface area (Å²) in [6.45, 7) is 5.75. The van der Waals surface area contributed by atoms with E-state index in [1.807, 2.05) is 0 Å². The fraction of sp³-hybridized carbons (Fsp3) is 0.667. The molecule has 0 aromatic carbocycles. The summed E-state index contributed by atoms with van der Waals surface area (Å²) in [5.41, 5.74) is 0.353. The third-order valence-corrected chi connectivity index (χ3v) is 3.40. The molecule has 19 heavy (non-hydrogen) atoms. The fourth-order valence-electron chi connectivity index (χ4n) is 2.33. The van der Waals surface area contributed by atoms with Crippen LogP contribution in [0.1, 0.15) is 51.9 Å². The van der Waals surface area contributed by atoms with Gasteiger partial charge in [-0.15, -0.1) is 0 Å². The van der Waals surface area contributed by atoms with E-state index >= 15 is 0 Å². The zero-order chi connectivity index (χ0) is 14.3.